The molecule has 0 bridgehead atoms. The third kappa shape index (κ3) is 1.05. The summed E-state index contributed by atoms with van der Waals surface area (Å²) in [6.07, 6.45) is 3.88. The van der Waals surface area contributed by atoms with E-state index in [1.165, 1.54) is 0 Å². The van der Waals surface area contributed by atoms with Crippen LogP contribution in [0.4, 0.5) is 0 Å². The van der Waals surface area contributed by atoms with E-state index in [4.69, 9.17) is 10.3 Å². The van der Waals surface area contributed by atoms with Crippen LogP contribution in [0.25, 0.3) is 0 Å². The molecule has 0 radical (unpaired) electrons. The highest BCUT2D eigenvalue weighted by Gasteiger charge is 1.99. The van der Waals surface area contributed by atoms with Gasteiger partial charge in [-0.3, -0.25) is 0 Å². The molecule has 0 aromatic carbocycles. The molecule has 3 heteroatoms. The quantitative estimate of drug-likeness (QED) is 0.515. The molecule has 1 aliphatic heterocycles. The second-order valence-electron chi connectivity index (χ2n) is 1.64. The SMILES string of the molecule is N=NC1=CCCCO1. The van der Waals surface area contributed by atoms with Gasteiger partial charge >= 0.3 is 0 Å². The fourth-order valence-corrected chi connectivity index (χ4v) is 0.622. The van der Waals surface area contributed by atoms with Gasteiger partial charge in [-0.2, -0.15) is 0 Å². The Labute approximate surface area is 47.9 Å². The third-order valence-electron chi connectivity index (χ3n) is 1.03. The van der Waals surface area contributed by atoms with Gasteiger partial charge in [-0.1, -0.05) is 0 Å². The summed E-state index contributed by atoms with van der Waals surface area (Å²) < 4.78 is 4.93. The molecule has 0 aromatic rings. The first-order valence-corrected chi connectivity index (χ1v) is 2.64. The van der Waals surface area contributed by atoms with Gasteiger partial charge in [-0.15, -0.1) is 5.11 Å². The Morgan fingerprint density at radius 3 is 3.00 bits per heavy atom. The first-order chi connectivity index (χ1) is 3.93. The first-order valence-electron chi connectivity index (χ1n) is 2.64. The van der Waals surface area contributed by atoms with Crippen molar-refractivity contribution < 1.29 is 4.74 Å². The Hall–Kier alpha value is -0.860. The predicted octanol–water partition coefficient (Wildman–Crippen LogP) is 1.67. The molecule has 1 rings (SSSR count). The monoisotopic (exact) mass is 112 g/mol. The molecule has 0 saturated heterocycles. The number of nitrogens with zero attached hydrogens (tertiary/aromatic N) is 1. The lowest BCUT2D eigenvalue weighted by molar-refractivity contribution is 0.187. The maximum absolute atomic E-state index is 6.53. The Morgan fingerprint density at radius 2 is 2.62 bits per heavy atom. The van der Waals surface area contributed by atoms with Gasteiger partial charge in [0.05, 0.1) is 6.61 Å². The van der Waals surface area contributed by atoms with Crippen LogP contribution in [-0.2, 0) is 4.74 Å². The molecular weight excluding hydrogens is 104 g/mol. The molecule has 0 saturated carbocycles. The highest BCUT2D eigenvalue weighted by atomic mass is 16.5. The van der Waals surface area contributed by atoms with E-state index in [0.717, 1.165) is 12.8 Å². The average Bonchev–Trinajstić information content (AvgIpc) is 1.90. The van der Waals surface area contributed by atoms with E-state index in [0.29, 0.717) is 12.5 Å². The van der Waals surface area contributed by atoms with Crippen LogP contribution in [0.15, 0.2) is 17.1 Å². The van der Waals surface area contributed by atoms with Crippen LogP contribution < -0.4 is 0 Å². The van der Waals surface area contributed by atoms with Crippen LogP contribution in [0.3, 0.4) is 0 Å². The van der Waals surface area contributed by atoms with Crippen molar-refractivity contribution in [2.24, 2.45) is 5.11 Å². The maximum atomic E-state index is 6.53. The molecule has 0 amide bonds. The van der Waals surface area contributed by atoms with Crippen molar-refractivity contribution in [3.8, 4) is 0 Å². The lowest BCUT2D eigenvalue weighted by atomic mass is 10.3. The van der Waals surface area contributed by atoms with E-state index in [2.05, 4.69) is 5.11 Å². The van der Waals surface area contributed by atoms with Crippen LogP contribution in [0, 0.1) is 5.53 Å². The summed E-state index contributed by atoms with van der Waals surface area (Å²) in [7, 11) is 0. The van der Waals surface area contributed by atoms with Crippen LogP contribution in [-0.4, -0.2) is 6.61 Å². The molecule has 0 fully saturated rings. The Morgan fingerprint density at radius 1 is 1.75 bits per heavy atom. The van der Waals surface area contributed by atoms with Gasteiger partial charge in [0.2, 0.25) is 5.88 Å². The molecule has 0 aliphatic carbocycles. The predicted molar refractivity (Wildman–Crippen MR) is 28.4 cm³/mol. The van der Waals surface area contributed by atoms with Crippen molar-refractivity contribution >= 4 is 0 Å². The molecule has 0 spiro atoms. The minimum absolute atomic E-state index is 0.469. The van der Waals surface area contributed by atoms with Gasteiger partial charge in [-0.25, -0.2) is 5.53 Å². The zero-order valence-corrected chi connectivity index (χ0v) is 4.55. The standard InChI is InChI=1S/C5H8N2O/c6-7-5-3-1-2-4-8-5/h3,6H,1-2,4H2. The summed E-state index contributed by atoms with van der Waals surface area (Å²) in [4.78, 5) is 0. The minimum Gasteiger partial charge on any atom is -0.477 e. The van der Waals surface area contributed by atoms with Crippen LogP contribution in [0.2, 0.25) is 0 Å². The van der Waals surface area contributed by atoms with E-state index in [-0.39, 0.29) is 0 Å². The molecule has 0 atom stereocenters. The normalized spacial score (nSPS) is 18.8. The van der Waals surface area contributed by atoms with Crippen LogP contribution in [0.5, 0.6) is 0 Å². The van der Waals surface area contributed by atoms with Gasteiger partial charge in [0.15, 0.2) is 0 Å². The fourth-order valence-electron chi connectivity index (χ4n) is 0.622. The minimum atomic E-state index is 0.469. The molecule has 8 heavy (non-hydrogen) atoms. The topological polar surface area (TPSA) is 45.4 Å². The highest BCUT2D eigenvalue weighted by Crippen LogP contribution is 2.09. The lowest BCUT2D eigenvalue weighted by Gasteiger charge is -2.07. The van der Waals surface area contributed by atoms with E-state index < -0.39 is 0 Å². The number of allylic oxidation sites excluding steroid dienone is 1. The number of ether oxygens (including phenoxy) is 1. The zero-order chi connectivity index (χ0) is 5.82. The molecule has 3 nitrogen and oxygen atoms in total. The number of hydrogen-bond donors (Lipinski definition) is 1. The molecule has 0 aromatic heterocycles. The molecular formula is C5H8N2O. The summed E-state index contributed by atoms with van der Waals surface area (Å²) in [6, 6.07) is 0. The van der Waals surface area contributed by atoms with Crippen molar-refractivity contribution in [3.63, 3.8) is 0 Å². The Balaban J connectivity index is 2.49. The van der Waals surface area contributed by atoms with Gasteiger partial charge in [0, 0.05) is 0 Å². The number of hydrogen-bond acceptors (Lipinski definition) is 3. The Kier molecular flexibility index (Phi) is 1.62. The second-order valence-corrected chi connectivity index (χ2v) is 1.64. The van der Waals surface area contributed by atoms with Gasteiger partial charge in [0.25, 0.3) is 0 Å². The molecule has 0 unspecified atom stereocenters. The summed E-state index contributed by atoms with van der Waals surface area (Å²) in [5.41, 5.74) is 6.53. The van der Waals surface area contributed by atoms with E-state index >= 15 is 0 Å². The van der Waals surface area contributed by atoms with Crippen LogP contribution in [0.1, 0.15) is 12.8 Å². The van der Waals surface area contributed by atoms with E-state index in [1.807, 2.05) is 6.08 Å². The van der Waals surface area contributed by atoms with Gasteiger partial charge in [0.1, 0.15) is 0 Å². The Bertz CT molecular complexity index is 120. The zero-order valence-electron chi connectivity index (χ0n) is 4.55. The average molecular weight is 112 g/mol. The largest absolute Gasteiger partial charge is 0.477 e. The van der Waals surface area contributed by atoms with Crippen molar-refractivity contribution in [2.75, 3.05) is 6.61 Å². The third-order valence-corrected chi connectivity index (χ3v) is 1.03. The number of rotatable bonds is 1. The molecule has 1 aliphatic rings. The fraction of sp³-hybridized carbons (Fsp3) is 0.600. The molecule has 1 N–H and O–H groups in total. The van der Waals surface area contributed by atoms with Crippen LogP contribution >= 0.6 is 0 Å². The van der Waals surface area contributed by atoms with E-state index in [1.54, 1.807) is 0 Å². The molecule has 1 heterocycles. The summed E-state index contributed by atoms with van der Waals surface area (Å²) in [6.45, 7) is 0.716. The highest BCUT2D eigenvalue weighted by molar-refractivity contribution is 4.91. The van der Waals surface area contributed by atoms with Crippen molar-refractivity contribution in [2.45, 2.75) is 12.8 Å². The maximum Gasteiger partial charge on any atom is 0.228 e. The van der Waals surface area contributed by atoms with E-state index in [9.17, 15) is 0 Å². The van der Waals surface area contributed by atoms with Crippen molar-refractivity contribution in [1.29, 1.82) is 5.53 Å². The van der Waals surface area contributed by atoms with Gasteiger partial charge in [-0.05, 0) is 18.9 Å². The van der Waals surface area contributed by atoms with Gasteiger partial charge < -0.3 is 4.74 Å². The molecule has 44 valence electrons. The summed E-state index contributed by atoms with van der Waals surface area (Å²) in [5.74, 6) is 0.469. The lowest BCUT2D eigenvalue weighted by Crippen LogP contribution is -1.97. The summed E-state index contributed by atoms with van der Waals surface area (Å²) in [5, 5.41) is 3.14. The smallest absolute Gasteiger partial charge is 0.228 e. The van der Waals surface area contributed by atoms with Crippen molar-refractivity contribution in [1.82, 2.24) is 0 Å². The second kappa shape index (κ2) is 2.45. The number of nitrogens with one attached hydrogen (secondary N) is 1. The van der Waals surface area contributed by atoms with Crippen molar-refractivity contribution in [3.05, 3.63) is 12.0 Å². The summed E-state index contributed by atoms with van der Waals surface area (Å²) >= 11 is 0. The first kappa shape index (κ1) is 5.28.